The normalized spacial score (nSPS) is 13.5. The molecule has 2 aliphatic rings. The molecule has 1 N–H and O–H groups in total. The fourth-order valence-electron chi connectivity index (χ4n) is 9.17. The Labute approximate surface area is 470 Å². The first-order chi connectivity index (χ1) is 35.2. The van der Waals surface area contributed by atoms with E-state index in [1.807, 2.05) is 97.1 Å². The summed E-state index contributed by atoms with van der Waals surface area (Å²) in [6, 6.07) is 48.5. The molecule has 74 heavy (non-hydrogen) atoms. The summed E-state index contributed by atoms with van der Waals surface area (Å²) in [4.78, 5) is 0. The molecule has 1 heterocycles. The Morgan fingerprint density at radius 1 is 0.500 bits per heavy atom. The van der Waals surface area contributed by atoms with Crippen LogP contribution in [0.3, 0.4) is 0 Å². The Kier molecular flexibility index (Phi) is 26.4. The molecule has 0 unspecified atom stereocenters. The van der Waals surface area contributed by atoms with Crippen LogP contribution in [0, 0.1) is 0 Å². The van der Waals surface area contributed by atoms with Crippen molar-refractivity contribution in [1.29, 1.82) is 0 Å². The number of ether oxygens (including phenoxy) is 3. The van der Waals surface area contributed by atoms with Crippen molar-refractivity contribution in [1.82, 2.24) is 5.32 Å². The van der Waals surface area contributed by atoms with Crippen LogP contribution in [0.2, 0.25) is 0 Å². The van der Waals surface area contributed by atoms with Gasteiger partial charge in [-0.3, -0.25) is 9.49 Å². The van der Waals surface area contributed by atoms with Gasteiger partial charge >= 0.3 is 32.7 Å². The van der Waals surface area contributed by atoms with Crippen LogP contribution in [-0.4, -0.2) is 60.2 Å². The maximum Gasteiger partial charge on any atom is 3.00 e. The third kappa shape index (κ3) is 16.7. The summed E-state index contributed by atoms with van der Waals surface area (Å²) in [5.74, 6) is 1.29. The molecule has 394 valence electrons. The molecular weight excluding hydrogens is 1030 g/mol. The zero-order valence-electron chi connectivity index (χ0n) is 45.8. The van der Waals surface area contributed by atoms with E-state index in [4.69, 9.17) is 28.8 Å². The molecule has 1 aliphatic carbocycles. The maximum absolute atomic E-state index is 14.7. The summed E-state index contributed by atoms with van der Waals surface area (Å²) in [6.07, 6.45) is 11.6. The second kappa shape index (κ2) is 31.2. The third-order valence-electron chi connectivity index (χ3n) is 12.9. The molecule has 0 amide bonds. The number of hydrogen-bond acceptors (Lipinski definition) is 9. The first kappa shape index (κ1) is 62.5. The first-order valence-electron chi connectivity index (χ1n) is 26.2. The van der Waals surface area contributed by atoms with E-state index in [2.05, 4.69) is 95.4 Å². The number of nitrogens with zero attached hydrogens (tertiary/aromatic N) is 2. The number of nitrogens with one attached hydrogen (secondary N) is 1. The molecule has 6 aromatic rings. The van der Waals surface area contributed by atoms with Gasteiger partial charge < -0.3 is 34.8 Å². The fourth-order valence-corrected chi connectivity index (χ4v) is 16.5. The molecule has 9 nitrogen and oxygen atoms in total. The van der Waals surface area contributed by atoms with E-state index in [9.17, 15) is 10.2 Å². The summed E-state index contributed by atoms with van der Waals surface area (Å²) >= 11 is 0. The average Bonchev–Trinajstić information content (AvgIpc) is 4.01. The molecule has 0 bridgehead atoms. The average molecular weight is 1120 g/mol. The van der Waals surface area contributed by atoms with Crippen LogP contribution in [0.25, 0.3) is 0 Å². The monoisotopic (exact) mass is 1120 g/mol. The largest absolute Gasteiger partial charge is 3.00 e. The van der Waals surface area contributed by atoms with E-state index >= 15 is 0 Å². The first-order valence-corrected chi connectivity index (χ1v) is 29.7. The standard InChI is InChI=1S/C50H59N3O4P2.C6H12.C4H8O.C2H5O.Y/c1-49(2,3)43-33-37(56-7)35-45(47(43)54)58(39-21-13-9-14-22-39,40-23-15-10-16-24-40)52-31-29-51-30-32-53-59(41-25-17-11-18-26-41,42-27-19-12-20-28-42)46-36-38(57-8)34-44(48(46)55)50(4,5)6;1-2-4-6-5-3-1;1-2-4-5-3-1;1-2-3;/h9-28,33-36,51,54-55H,29-32H2,1-8H3;1-6H2;1-4H2;2H2,1H3;/q;;;-1;+3/p-2. The fraction of sp³-hybridized carbons (Fsp3) is 0.419. The van der Waals surface area contributed by atoms with Crippen LogP contribution in [0.4, 0.5) is 0 Å². The van der Waals surface area contributed by atoms with Crippen LogP contribution in [0.1, 0.15) is 111 Å². The number of methoxy groups -OCH3 is 2. The van der Waals surface area contributed by atoms with Gasteiger partial charge in [0.2, 0.25) is 0 Å². The van der Waals surface area contributed by atoms with Crippen molar-refractivity contribution in [3.05, 3.63) is 157 Å². The van der Waals surface area contributed by atoms with Crippen molar-refractivity contribution >= 4 is 45.9 Å². The Bertz CT molecular complexity index is 2390. The number of rotatable bonds is 14. The van der Waals surface area contributed by atoms with E-state index in [1.54, 1.807) is 21.1 Å². The van der Waals surface area contributed by atoms with Gasteiger partial charge in [-0.1, -0.05) is 220 Å². The Hall–Kier alpha value is -4.04. The van der Waals surface area contributed by atoms with E-state index in [-0.39, 0.29) is 50.8 Å². The van der Waals surface area contributed by atoms with Gasteiger partial charge in [0.25, 0.3) is 0 Å². The quantitative estimate of drug-likeness (QED) is 0.0848. The summed E-state index contributed by atoms with van der Waals surface area (Å²) in [7, 11) is -2.37. The Morgan fingerprint density at radius 2 is 0.784 bits per heavy atom. The van der Waals surface area contributed by atoms with Gasteiger partial charge in [0.05, 0.1) is 41.4 Å². The molecule has 1 saturated heterocycles. The number of benzene rings is 6. The summed E-state index contributed by atoms with van der Waals surface area (Å²) in [6.45, 7) is 18.0. The second-order valence-corrected chi connectivity index (χ2v) is 26.5. The van der Waals surface area contributed by atoms with Gasteiger partial charge in [0, 0.05) is 47.5 Å². The van der Waals surface area contributed by atoms with E-state index in [0.717, 1.165) is 34.4 Å². The van der Waals surface area contributed by atoms with Crippen molar-refractivity contribution in [2.24, 2.45) is 9.49 Å². The Balaban J connectivity index is 0.000000686. The zero-order valence-corrected chi connectivity index (χ0v) is 50.4. The van der Waals surface area contributed by atoms with Crippen molar-refractivity contribution in [2.75, 3.05) is 60.2 Å². The minimum absolute atomic E-state index is 0. The third-order valence-corrected chi connectivity index (χ3v) is 20.4. The molecule has 8 rings (SSSR count). The van der Waals surface area contributed by atoms with Gasteiger partial charge in [-0.15, -0.1) is 6.61 Å². The van der Waals surface area contributed by atoms with E-state index < -0.39 is 24.9 Å². The van der Waals surface area contributed by atoms with Crippen LogP contribution >= 0.6 is 14.1 Å². The van der Waals surface area contributed by atoms with Crippen LogP contribution in [-0.2, 0) is 48.3 Å². The smallest absolute Gasteiger partial charge is 0.872 e. The topological polar surface area (TPSA) is 134 Å². The molecule has 6 aromatic carbocycles. The molecule has 0 radical (unpaired) electrons. The van der Waals surface area contributed by atoms with Gasteiger partial charge in [-0.05, 0) is 69.7 Å². The summed E-state index contributed by atoms with van der Waals surface area (Å²) in [5, 5.41) is 47.3. The summed E-state index contributed by atoms with van der Waals surface area (Å²) < 4.78 is 27.8. The predicted octanol–water partition coefficient (Wildman–Crippen LogP) is 10.2. The molecule has 0 atom stereocenters. The minimum atomic E-state index is -2.83. The molecule has 12 heteroatoms. The molecule has 1 saturated carbocycles. The van der Waals surface area contributed by atoms with Crippen LogP contribution in [0.5, 0.6) is 23.0 Å². The van der Waals surface area contributed by atoms with Crippen LogP contribution in [0.15, 0.2) is 155 Å². The van der Waals surface area contributed by atoms with Gasteiger partial charge in [-0.2, -0.15) is 0 Å². The predicted molar refractivity (Wildman–Crippen MR) is 305 cm³/mol. The van der Waals surface area contributed by atoms with Crippen molar-refractivity contribution < 1.29 is 62.2 Å². The molecule has 2 fully saturated rings. The summed E-state index contributed by atoms with van der Waals surface area (Å²) in [5.41, 5.74) is 0.595. The van der Waals surface area contributed by atoms with E-state index in [0.29, 0.717) is 59.4 Å². The molecule has 1 aliphatic heterocycles. The van der Waals surface area contributed by atoms with Crippen molar-refractivity contribution in [3.8, 4) is 23.0 Å². The SMILES string of the molecule is C1CCCCC1.C1CCOC1.CC[O-].COc1cc(C(C)(C)C)c([O-])c(P(=NCCNCCN=P(c2ccccc2)(c2ccccc2)c2cc(OC)cc(C(C)(C)C)c2[O-])(c2ccccc2)c2ccccc2)c1.[Y+3]. The Morgan fingerprint density at radius 3 is 1.01 bits per heavy atom. The molecule has 0 aromatic heterocycles. The van der Waals surface area contributed by atoms with Crippen molar-refractivity contribution in [3.63, 3.8) is 0 Å². The van der Waals surface area contributed by atoms with Gasteiger partial charge in [0.15, 0.2) is 0 Å². The minimum Gasteiger partial charge on any atom is -0.872 e. The maximum atomic E-state index is 14.7. The zero-order chi connectivity index (χ0) is 52.7. The van der Waals surface area contributed by atoms with Gasteiger partial charge in [-0.25, -0.2) is 0 Å². The van der Waals surface area contributed by atoms with Crippen molar-refractivity contribution in [2.45, 2.75) is 111 Å². The molecular formula is C62H82N3O6P2Y. The number of hydrogen-bond donors (Lipinski definition) is 1. The van der Waals surface area contributed by atoms with E-state index in [1.165, 1.54) is 51.4 Å². The second-order valence-electron chi connectivity index (χ2n) is 20.4. The van der Waals surface area contributed by atoms with Gasteiger partial charge in [0.1, 0.15) is 11.5 Å². The molecule has 0 spiro atoms. The van der Waals surface area contributed by atoms with Crippen LogP contribution < -0.4 is 61.9 Å².